The van der Waals surface area contributed by atoms with Gasteiger partial charge in [-0.1, -0.05) is 20.3 Å². The second kappa shape index (κ2) is 5.60. The highest BCUT2D eigenvalue weighted by atomic mass is 32.2. The normalized spacial score (nSPS) is 16.9. The van der Waals surface area contributed by atoms with Crippen molar-refractivity contribution in [2.24, 2.45) is 11.7 Å². The Hall–Kier alpha value is -0.0900. The molecule has 13 heavy (non-hydrogen) atoms. The van der Waals surface area contributed by atoms with Gasteiger partial charge in [-0.15, -0.1) is 0 Å². The highest BCUT2D eigenvalue weighted by molar-refractivity contribution is 7.90. The van der Waals surface area contributed by atoms with E-state index in [2.05, 4.69) is 13.8 Å². The monoisotopic (exact) mass is 207 g/mol. The van der Waals surface area contributed by atoms with Crippen LogP contribution in [-0.2, 0) is 9.84 Å². The van der Waals surface area contributed by atoms with Gasteiger partial charge in [0.15, 0.2) is 0 Å². The van der Waals surface area contributed by atoms with Gasteiger partial charge in [0, 0.05) is 12.3 Å². The lowest BCUT2D eigenvalue weighted by molar-refractivity contribution is 0.444. The Bertz CT molecular complexity index is 224. The molecule has 0 aliphatic heterocycles. The SMILES string of the molecule is CCC(C)CC(N)CCS(C)(=O)=O. The first kappa shape index (κ1) is 12.9. The maximum absolute atomic E-state index is 10.8. The Balaban J connectivity index is 3.69. The van der Waals surface area contributed by atoms with Gasteiger partial charge in [-0.2, -0.15) is 0 Å². The quantitative estimate of drug-likeness (QED) is 0.711. The molecule has 0 amide bonds. The highest BCUT2D eigenvalue weighted by Crippen LogP contribution is 2.10. The summed E-state index contributed by atoms with van der Waals surface area (Å²) in [6.07, 6.45) is 3.87. The Morgan fingerprint density at radius 2 is 1.92 bits per heavy atom. The van der Waals surface area contributed by atoms with Crippen LogP contribution in [0.3, 0.4) is 0 Å². The molecule has 0 heterocycles. The molecule has 0 aromatic carbocycles. The highest BCUT2D eigenvalue weighted by Gasteiger charge is 2.10. The van der Waals surface area contributed by atoms with Crippen LogP contribution in [0.4, 0.5) is 0 Å². The van der Waals surface area contributed by atoms with Crippen LogP contribution in [0.5, 0.6) is 0 Å². The molecule has 2 unspecified atom stereocenters. The first-order chi connectivity index (χ1) is 5.85. The number of rotatable bonds is 6. The zero-order valence-corrected chi connectivity index (χ0v) is 9.60. The largest absolute Gasteiger partial charge is 0.328 e. The summed E-state index contributed by atoms with van der Waals surface area (Å²) >= 11 is 0. The van der Waals surface area contributed by atoms with Crippen molar-refractivity contribution in [2.75, 3.05) is 12.0 Å². The molecule has 80 valence electrons. The minimum Gasteiger partial charge on any atom is -0.328 e. The standard InChI is InChI=1S/C9H21NO2S/c1-4-8(2)7-9(10)5-6-13(3,11)12/h8-9H,4-7,10H2,1-3H3. The first-order valence-corrected chi connectivity index (χ1v) is 6.84. The molecule has 0 rings (SSSR count). The van der Waals surface area contributed by atoms with Gasteiger partial charge in [0.05, 0.1) is 5.75 Å². The smallest absolute Gasteiger partial charge is 0.147 e. The van der Waals surface area contributed by atoms with Gasteiger partial charge in [-0.3, -0.25) is 0 Å². The summed E-state index contributed by atoms with van der Waals surface area (Å²) in [7, 11) is -2.84. The van der Waals surface area contributed by atoms with Crippen molar-refractivity contribution >= 4 is 9.84 Å². The van der Waals surface area contributed by atoms with Crippen LogP contribution in [0.25, 0.3) is 0 Å². The molecule has 4 heteroatoms. The van der Waals surface area contributed by atoms with E-state index in [1.807, 2.05) is 0 Å². The summed E-state index contributed by atoms with van der Waals surface area (Å²) in [5.74, 6) is 0.805. The molecule has 0 saturated heterocycles. The summed E-state index contributed by atoms with van der Waals surface area (Å²) in [6.45, 7) is 4.26. The van der Waals surface area contributed by atoms with Crippen molar-refractivity contribution in [1.82, 2.24) is 0 Å². The van der Waals surface area contributed by atoms with Crippen LogP contribution in [0, 0.1) is 5.92 Å². The van der Waals surface area contributed by atoms with Gasteiger partial charge < -0.3 is 5.73 Å². The Kier molecular flexibility index (Phi) is 5.56. The van der Waals surface area contributed by atoms with Crippen molar-refractivity contribution in [2.45, 2.75) is 39.2 Å². The van der Waals surface area contributed by atoms with Gasteiger partial charge in [0.1, 0.15) is 9.84 Å². The van der Waals surface area contributed by atoms with Crippen molar-refractivity contribution in [3.8, 4) is 0 Å². The van der Waals surface area contributed by atoms with Crippen LogP contribution in [0.15, 0.2) is 0 Å². The van der Waals surface area contributed by atoms with E-state index in [9.17, 15) is 8.42 Å². The summed E-state index contributed by atoms with van der Waals surface area (Å²) in [5.41, 5.74) is 5.79. The predicted molar refractivity (Wildman–Crippen MR) is 56.4 cm³/mol. The van der Waals surface area contributed by atoms with Gasteiger partial charge in [-0.05, 0) is 18.8 Å². The third-order valence-corrected chi connectivity index (χ3v) is 3.24. The number of hydrogen-bond donors (Lipinski definition) is 1. The van der Waals surface area contributed by atoms with E-state index in [0.29, 0.717) is 12.3 Å². The third kappa shape index (κ3) is 8.25. The molecule has 0 saturated carbocycles. The average Bonchev–Trinajstić information content (AvgIpc) is 1.99. The minimum atomic E-state index is -2.84. The van der Waals surface area contributed by atoms with E-state index in [4.69, 9.17) is 5.73 Å². The summed E-state index contributed by atoms with van der Waals surface area (Å²) < 4.78 is 21.7. The molecular weight excluding hydrogens is 186 g/mol. The second-order valence-corrected chi connectivity index (χ2v) is 6.19. The van der Waals surface area contributed by atoms with Gasteiger partial charge in [-0.25, -0.2) is 8.42 Å². The van der Waals surface area contributed by atoms with Crippen LogP contribution in [0.1, 0.15) is 33.1 Å². The molecule has 0 aromatic rings. The van der Waals surface area contributed by atoms with E-state index in [1.165, 1.54) is 6.26 Å². The molecule has 0 aliphatic carbocycles. The lowest BCUT2D eigenvalue weighted by Crippen LogP contribution is -2.25. The molecule has 0 aromatic heterocycles. The summed E-state index contributed by atoms with van der Waals surface area (Å²) in [6, 6.07) is 0.0321. The molecule has 0 aliphatic rings. The van der Waals surface area contributed by atoms with Gasteiger partial charge in [0.2, 0.25) is 0 Å². The predicted octanol–water partition coefficient (Wildman–Crippen LogP) is 1.18. The van der Waals surface area contributed by atoms with Crippen LogP contribution >= 0.6 is 0 Å². The number of hydrogen-bond acceptors (Lipinski definition) is 3. The van der Waals surface area contributed by atoms with Crippen LogP contribution < -0.4 is 5.73 Å². The Morgan fingerprint density at radius 1 is 1.38 bits per heavy atom. The second-order valence-electron chi connectivity index (χ2n) is 3.93. The van der Waals surface area contributed by atoms with E-state index in [-0.39, 0.29) is 11.8 Å². The molecule has 0 fully saturated rings. The zero-order valence-electron chi connectivity index (χ0n) is 8.79. The number of nitrogens with two attached hydrogens (primary N) is 1. The van der Waals surface area contributed by atoms with Crippen molar-refractivity contribution in [3.63, 3.8) is 0 Å². The lowest BCUT2D eigenvalue weighted by atomic mass is 9.99. The summed E-state index contributed by atoms with van der Waals surface area (Å²) in [5, 5.41) is 0. The van der Waals surface area contributed by atoms with Crippen molar-refractivity contribution in [1.29, 1.82) is 0 Å². The zero-order chi connectivity index (χ0) is 10.5. The van der Waals surface area contributed by atoms with Crippen molar-refractivity contribution in [3.05, 3.63) is 0 Å². The fraction of sp³-hybridized carbons (Fsp3) is 1.00. The van der Waals surface area contributed by atoms with E-state index in [1.54, 1.807) is 0 Å². The average molecular weight is 207 g/mol. The topological polar surface area (TPSA) is 60.2 Å². The fourth-order valence-electron chi connectivity index (χ4n) is 1.17. The van der Waals surface area contributed by atoms with E-state index < -0.39 is 9.84 Å². The van der Waals surface area contributed by atoms with E-state index in [0.717, 1.165) is 12.8 Å². The Labute approximate surface area is 81.6 Å². The van der Waals surface area contributed by atoms with Gasteiger partial charge in [0.25, 0.3) is 0 Å². The molecule has 2 atom stereocenters. The molecule has 0 bridgehead atoms. The molecule has 2 N–H and O–H groups in total. The number of sulfone groups is 1. The Morgan fingerprint density at radius 3 is 2.31 bits per heavy atom. The molecule has 3 nitrogen and oxygen atoms in total. The summed E-state index contributed by atoms with van der Waals surface area (Å²) in [4.78, 5) is 0. The van der Waals surface area contributed by atoms with Gasteiger partial charge >= 0.3 is 0 Å². The lowest BCUT2D eigenvalue weighted by Gasteiger charge is -2.14. The maximum atomic E-state index is 10.8. The molecular formula is C9H21NO2S. The first-order valence-electron chi connectivity index (χ1n) is 4.78. The van der Waals surface area contributed by atoms with Crippen LogP contribution in [-0.4, -0.2) is 26.5 Å². The van der Waals surface area contributed by atoms with Crippen LogP contribution in [0.2, 0.25) is 0 Å². The maximum Gasteiger partial charge on any atom is 0.147 e. The molecule has 0 radical (unpaired) electrons. The van der Waals surface area contributed by atoms with Crippen molar-refractivity contribution < 1.29 is 8.42 Å². The third-order valence-electron chi connectivity index (χ3n) is 2.26. The van der Waals surface area contributed by atoms with E-state index >= 15 is 0 Å². The minimum absolute atomic E-state index is 0.0321. The fourth-order valence-corrected chi connectivity index (χ4v) is 1.90. The molecule has 0 spiro atoms.